The van der Waals surface area contributed by atoms with Gasteiger partial charge in [-0.05, 0) is 56.3 Å². The maximum absolute atomic E-state index is 11.6. The molecule has 0 N–H and O–H groups in total. The van der Waals surface area contributed by atoms with Gasteiger partial charge in [0.15, 0.2) is 11.7 Å². The molecule has 0 spiro atoms. The zero-order chi connectivity index (χ0) is 18.7. The van der Waals surface area contributed by atoms with Crippen LogP contribution in [0.5, 0.6) is 5.75 Å². The number of carbonyl (C=O) groups is 1. The highest BCUT2D eigenvalue weighted by molar-refractivity contribution is 6.31. The molecule has 6 nitrogen and oxygen atoms in total. The van der Waals surface area contributed by atoms with Crippen LogP contribution in [0.15, 0.2) is 46.9 Å². The second kappa shape index (κ2) is 7.66. The van der Waals surface area contributed by atoms with Crippen LogP contribution in [0.2, 0.25) is 5.02 Å². The van der Waals surface area contributed by atoms with Gasteiger partial charge in [-0.25, -0.2) is 4.79 Å². The zero-order valence-corrected chi connectivity index (χ0v) is 15.5. The molecule has 26 heavy (non-hydrogen) atoms. The molecule has 1 aromatic heterocycles. The lowest BCUT2D eigenvalue weighted by molar-refractivity contribution is -0.150. The van der Waals surface area contributed by atoms with Crippen LogP contribution in [-0.4, -0.2) is 30.7 Å². The molecule has 0 aliphatic carbocycles. The Kier molecular flexibility index (Phi) is 5.32. The number of ether oxygens (including phenoxy) is 2. The van der Waals surface area contributed by atoms with E-state index < -0.39 is 6.10 Å². The van der Waals surface area contributed by atoms with Gasteiger partial charge in [0.05, 0.1) is 6.61 Å². The van der Waals surface area contributed by atoms with Crippen LogP contribution < -0.4 is 9.64 Å². The van der Waals surface area contributed by atoms with Gasteiger partial charge in [0, 0.05) is 17.8 Å². The maximum atomic E-state index is 11.6. The van der Waals surface area contributed by atoms with E-state index in [0.29, 0.717) is 34.5 Å². The minimum absolute atomic E-state index is 0.325. The molecule has 1 heterocycles. The number of carbonyl (C=O) groups excluding carboxylic acids is 1. The first-order chi connectivity index (χ1) is 12.5. The minimum Gasteiger partial charge on any atom is -0.479 e. The highest BCUT2D eigenvalue weighted by Gasteiger charge is 2.16. The quantitative estimate of drug-likeness (QED) is 0.588. The number of halogens is 1. The van der Waals surface area contributed by atoms with Crippen molar-refractivity contribution in [3.8, 4) is 5.75 Å². The van der Waals surface area contributed by atoms with Crippen molar-refractivity contribution in [2.45, 2.75) is 20.0 Å². The van der Waals surface area contributed by atoms with Gasteiger partial charge in [-0.15, -0.1) is 0 Å². The average Bonchev–Trinajstić information content (AvgIpc) is 3.05. The number of hydrogen-bond acceptors (Lipinski definition) is 6. The summed E-state index contributed by atoms with van der Waals surface area (Å²) < 4.78 is 16.3. The Labute approximate surface area is 156 Å². The van der Waals surface area contributed by atoms with Crippen LogP contribution in [0.1, 0.15) is 13.8 Å². The summed E-state index contributed by atoms with van der Waals surface area (Å²) >= 11 is 5.98. The van der Waals surface area contributed by atoms with Crippen LogP contribution >= 0.6 is 11.6 Å². The third-order valence-electron chi connectivity index (χ3n) is 3.78. The monoisotopic (exact) mass is 374 g/mol. The van der Waals surface area contributed by atoms with E-state index in [1.165, 1.54) is 0 Å². The van der Waals surface area contributed by atoms with Gasteiger partial charge in [-0.2, -0.15) is 4.98 Å². The smallest absolute Gasteiger partial charge is 0.347 e. The maximum Gasteiger partial charge on any atom is 0.347 e. The lowest BCUT2D eigenvalue weighted by atomic mass is 10.3. The van der Waals surface area contributed by atoms with Crippen molar-refractivity contribution < 1.29 is 18.7 Å². The first-order valence-corrected chi connectivity index (χ1v) is 8.59. The SMILES string of the molecule is CCOC(=O)C(C)Oc1ccc(N(C)c2nc3cc(Cl)ccc3o2)cc1. The molecule has 0 aliphatic heterocycles. The topological polar surface area (TPSA) is 64.8 Å². The first-order valence-electron chi connectivity index (χ1n) is 8.21. The molecule has 0 saturated carbocycles. The summed E-state index contributed by atoms with van der Waals surface area (Å²) in [4.78, 5) is 17.9. The molecule has 136 valence electrons. The van der Waals surface area contributed by atoms with Gasteiger partial charge < -0.3 is 13.9 Å². The molecule has 0 fully saturated rings. The minimum atomic E-state index is -0.666. The predicted octanol–water partition coefficient (Wildman–Crippen LogP) is 4.58. The molecule has 0 bridgehead atoms. The number of oxazole rings is 1. The molecule has 3 aromatic rings. The van der Waals surface area contributed by atoms with Crippen LogP contribution in [-0.2, 0) is 9.53 Å². The fourth-order valence-corrected chi connectivity index (χ4v) is 2.57. The second-order valence-corrected chi connectivity index (χ2v) is 6.11. The van der Waals surface area contributed by atoms with Crippen molar-refractivity contribution in [3.05, 3.63) is 47.5 Å². The Bertz CT molecular complexity index is 908. The molecule has 3 rings (SSSR count). The summed E-state index contributed by atoms with van der Waals surface area (Å²) in [6, 6.07) is 13.0. The summed E-state index contributed by atoms with van der Waals surface area (Å²) in [6.07, 6.45) is -0.666. The molecule has 7 heteroatoms. The number of benzene rings is 2. The third kappa shape index (κ3) is 3.91. The number of rotatable bonds is 6. The van der Waals surface area contributed by atoms with Crippen LogP contribution in [0.4, 0.5) is 11.7 Å². The van der Waals surface area contributed by atoms with Crippen molar-refractivity contribution in [1.82, 2.24) is 4.98 Å². The highest BCUT2D eigenvalue weighted by Crippen LogP contribution is 2.29. The molecule has 0 amide bonds. The lowest BCUT2D eigenvalue weighted by Crippen LogP contribution is -2.26. The van der Waals surface area contributed by atoms with Crippen molar-refractivity contribution >= 4 is 40.4 Å². The van der Waals surface area contributed by atoms with E-state index in [4.69, 9.17) is 25.5 Å². The second-order valence-electron chi connectivity index (χ2n) is 5.67. The van der Waals surface area contributed by atoms with Crippen molar-refractivity contribution in [2.75, 3.05) is 18.6 Å². The molecule has 0 radical (unpaired) electrons. The Morgan fingerprint density at radius 3 is 2.69 bits per heavy atom. The lowest BCUT2D eigenvalue weighted by Gasteiger charge is -2.16. The number of fused-ring (bicyclic) bond motifs is 1. The van der Waals surface area contributed by atoms with Crippen LogP contribution in [0.25, 0.3) is 11.1 Å². The standard InChI is InChI=1S/C19H19ClN2O4/c1-4-24-18(23)12(2)25-15-8-6-14(7-9-15)22(3)19-21-16-11-13(20)5-10-17(16)26-19/h5-12H,4H2,1-3H3. The van der Waals surface area contributed by atoms with E-state index in [1.807, 2.05) is 24.1 Å². The summed E-state index contributed by atoms with van der Waals surface area (Å²) in [7, 11) is 1.85. The first kappa shape index (κ1) is 18.1. The van der Waals surface area contributed by atoms with E-state index in [2.05, 4.69) is 4.98 Å². The van der Waals surface area contributed by atoms with Gasteiger partial charge in [0.1, 0.15) is 11.3 Å². The molecular weight excluding hydrogens is 356 g/mol. The van der Waals surface area contributed by atoms with Crippen molar-refractivity contribution in [3.63, 3.8) is 0 Å². The normalized spacial score (nSPS) is 12.0. The molecular formula is C19H19ClN2O4. The van der Waals surface area contributed by atoms with Gasteiger partial charge in [0.2, 0.25) is 0 Å². The highest BCUT2D eigenvalue weighted by atomic mass is 35.5. The molecule has 0 saturated heterocycles. The zero-order valence-electron chi connectivity index (χ0n) is 14.7. The van der Waals surface area contributed by atoms with Crippen LogP contribution in [0, 0.1) is 0 Å². The van der Waals surface area contributed by atoms with Gasteiger partial charge >= 0.3 is 12.0 Å². The summed E-state index contributed by atoms with van der Waals surface area (Å²) in [5.41, 5.74) is 2.22. The summed E-state index contributed by atoms with van der Waals surface area (Å²) in [5, 5.41) is 0.609. The van der Waals surface area contributed by atoms with E-state index in [0.717, 1.165) is 5.69 Å². The molecule has 2 aromatic carbocycles. The van der Waals surface area contributed by atoms with E-state index in [-0.39, 0.29) is 5.97 Å². The number of hydrogen-bond donors (Lipinski definition) is 0. The largest absolute Gasteiger partial charge is 0.479 e. The fraction of sp³-hybridized carbons (Fsp3) is 0.263. The van der Waals surface area contributed by atoms with Crippen molar-refractivity contribution in [2.24, 2.45) is 0 Å². The summed E-state index contributed by atoms with van der Waals surface area (Å²) in [5.74, 6) is 0.186. The van der Waals surface area contributed by atoms with Gasteiger partial charge in [-0.3, -0.25) is 4.90 Å². The number of anilines is 2. The Morgan fingerprint density at radius 2 is 2.00 bits per heavy atom. The van der Waals surface area contributed by atoms with E-state index >= 15 is 0 Å². The molecule has 1 atom stereocenters. The Hall–Kier alpha value is -2.73. The predicted molar refractivity (Wildman–Crippen MR) is 100 cm³/mol. The van der Waals surface area contributed by atoms with Crippen molar-refractivity contribution in [1.29, 1.82) is 0 Å². The summed E-state index contributed by atoms with van der Waals surface area (Å²) in [6.45, 7) is 3.74. The number of esters is 1. The Balaban J connectivity index is 1.73. The van der Waals surface area contributed by atoms with E-state index in [1.54, 1.807) is 44.2 Å². The number of nitrogens with zero attached hydrogens (tertiary/aromatic N) is 2. The van der Waals surface area contributed by atoms with Crippen LogP contribution in [0.3, 0.4) is 0 Å². The van der Waals surface area contributed by atoms with Gasteiger partial charge in [0.25, 0.3) is 0 Å². The molecule has 0 aliphatic rings. The molecule has 1 unspecified atom stereocenters. The third-order valence-corrected chi connectivity index (χ3v) is 4.02. The van der Waals surface area contributed by atoms with Gasteiger partial charge in [-0.1, -0.05) is 11.6 Å². The fourth-order valence-electron chi connectivity index (χ4n) is 2.40. The average molecular weight is 375 g/mol. The Morgan fingerprint density at radius 1 is 1.27 bits per heavy atom. The van der Waals surface area contributed by atoms with E-state index in [9.17, 15) is 4.79 Å². The number of aromatic nitrogens is 1.